The molecule has 1 N–H and O–H groups in total. The monoisotopic (exact) mass is 331 g/mol. The second kappa shape index (κ2) is 7.28. The van der Waals surface area contributed by atoms with Crippen LogP contribution in [0.2, 0.25) is 5.15 Å². The molecule has 23 heavy (non-hydrogen) atoms. The lowest BCUT2D eigenvalue weighted by atomic mass is 10.0. The number of para-hydroxylation sites is 1. The van der Waals surface area contributed by atoms with Gasteiger partial charge < -0.3 is 5.32 Å². The summed E-state index contributed by atoms with van der Waals surface area (Å²) in [5.41, 5.74) is 1.34. The van der Waals surface area contributed by atoms with Crippen molar-refractivity contribution in [1.82, 2.24) is 15.2 Å². The first-order chi connectivity index (χ1) is 11.1. The molecule has 122 valence electrons. The fourth-order valence-corrected chi connectivity index (χ4v) is 3.43. The Labute approximate surface area is 141 Å². The number of rotatable bonds is 4. The number of hydrogen-bond acceptors (Lipinski definition) is 3. The second-order valence-electron chi connectivity index (χ2n) is 6.15. The van der Waals surface area contributed by atoms with Crippen LogP contribution in [-0.4, -0.2) is 41.5 Å². The summed E-state index contributed by atoms with van der Waals surface area (Å²) in [6, 6.07) is 9.82. The molecule has 2 heterocycles. The van der Waals surface area contributed by atoms with Crippen LogP contribution in [0.3, 0.4) is 0 Å². The van der Waals surface area contributed by atoms with Gasteiger partial charge in [0.15, 0.2) is 0 Å². The molecular weight excluding hydrogens is 310 g/mol. The van der Waals surface area contributed by atoms with E-state index in [4.69, 9.17) is 11.6 Å². The van der Waals surface area contributed by atoms with Gasteiger partial charge in [-0.05, 0) is 38.4 Å². The molecule has 0 spiro atoms. The number of piperidine rings is 1. The average molecular weight is 332 g/mol. The number of pyridine rings is 1. The molecule has 1 aliphatic rings. The van der Waals surface area contributed by atoms with Crippen LogP contribution in [0.25, 0.3) is 10.9 Å². The molecule has 1 unspecified atom stereocenters. The molecule has 1 atom stereocenters. The molecule has 5 heteroatoms. The molecule has 0 bridgehead atoms. The Kier molecular flexibility index (Phi) is 5.13. The van der Waals surface area contributed by atoms with Crippen molar-refractivity contribution in [1.29, 1.82) is 0 Å². The molecular formula is C18H22ClN3O. The zero-order chi connectivity index (χ0) is 16.2. The van der Waals surface area contributed by atoms with Gasteiger partial charge in [0, 0.05) is 24.5 Å². The number of carbonyl (C=O) groups excluding carboxylic acids is 1. The molecule has 2 aromatic rings. The Morgan fingerprint density at radius 1 is 1.39 bits per heavy atom. The van der Waals surface area contributed by atoms with Gasteiger partial charge in [-0.25, -0.2) is 4.98 Å². The summed E-state index contributed by atoms with van der Waals surface area (Å²) in [7, 11) is 0. The van der Waals surface area contributed by atoms with Crippen molar-refractivity contribution in [3.8, 4) is 0 Å². The lowest BCUT2D eigenvalue weighted by Crippen LogP contribution is -2.42. The van der Waals surface area contributed by atoms with Gasteiger partial charge in [-0.2, -0.15) is 0 Å². The van der Waals surface area contributed by atoms with E-state index in [1.807, 2.05) is 24.3 Å². The molecule has 0 aliphatic carbocycles. The minimum absolute atomic E-state index is 0.0878. The van der Waals surface area contributed by atoms with Gasteiger partial charge in [0.1, 0.15) is 5.15 Å². The van der Waals surface area contributed by atoms with Gasteiger partial charge in [-0.3, -0.25) is 9.69 Å². The van der Waals surface area contributed by atoms with Crippen LogP contribution in [-0.2, 0) is 0 Å². The van der Waals surface area contributed by atoms with Gasteiger partial charge >= 0.3 is 0 Å². The predicted octanol–water partition coefficient (Wildman–Crippen LogP) is 3.49. The Hall–Kier alpha value is -1.65. The van der Waals surface area contributed by atoms with Crippen molar-refractivity contribution in [2.75, 3.05) is 19.6 Å². The highest BCUT2D eigenvalue weighted by Gasteiger charge is 2.18. The van der Waals surface area contributed by atoms with Crippen molar-refractivity contribution in [3.05, 3.63) is 41.0 Å². The summed E-state index contributed by atoms with van der Waals surface area (Å²) in [5.74, 6) is -0.0878. The molecule has 1 aliphatic heterocycles. The zero-order valence-corrected chi connectivity index (χ0v) is 14.1. The van der Waals surface area contributed by atoms with Crippen LogP contribution >= 0.6 is 11.6 Å². The molecule has 1 aromatic heterocycles. The van der Waals surface area contributed by atoms with Crippen LogP contribution in [0.5, 0.6) is 0 Å². The van der Waals surface area contributed by atoms with Crippen molar-refractivity contribution in [2.45, 2.75) is 32.2 Å². The Morgan fingerprint density at radius 2 is 2.22 bits per heavy atom. The fourth-order valence-electron chi connectivity index (χ4n) is 3.23. The van der Waals surface area contributed by atoms with Crippen LogP contribution in [0.15, 0.2) is 30.3 Å². The van der Waals surface area contributed by atoms with Gasteiger partial charge in [-0.1, -0.05) is 36.2 Å². The number of likely N-dealkylation sites (tertiary alicyclic amines) is 1. The van der Waals surface area contributed by atoms with Crippen LogP contribution in [0.4, 0.5) is 0 Å². The van der Waals surface area contributed by atoms with Crippen molar-refractivity contribution < 1.29 is 4.79 Å². The molecule has 0 radical (unpaired) electrons. The molecule has 1 aromatic carbocycles. The lowest BCUT2D eigenvalue weighted by Gasteiger charge is -2.33. The lowest BCUT2D eigenvalue weighted by molar-refractivity contribution is 0.0940. The summed E-state index contributed by atoms with van der Waals surface area (Å²) < 4.78 is 0. The number of benzene rings is 1. The maximum absolute atomic E-state index is 12.5. The number of carbonyl (C=O) groups is 1. The molecule has 1 fully saturated rings. The number of aromatic nitrogens is 1. The van der Waals surface area contributed by atoms with E-state index in [1.54, 1.807) is 6.07 Å². The molecule has 3 rings (SSSR count). The third-order valence-corrected chi connectivity index (χ3v) is 4.75. The third-order valence-electron chi connectivity index (χ3n) is 4.55. The number of fused-ring (bicyclic) bond motifs is 1. The van der Waals surface area contributed by atoms with Gasteiger partial charge in [-0.15, -0.1) is 0 Å². The Balaban J connectivity index is 1.66. The number of nitrogens with one attached hydrogen (secondary N) is 1. The maximum Gasteiger partial charge on any atom is 0.252 e. The van der Waals surface area contributed by atoms with E-state index in [1.165, 1.54) is 19.3 Å². The normalized spacial score (nSPS) is 19.0. The van der Waals surface area contributed by atoms with Crippen LogP contribution in [0.1, 0.15) is 36.5 Å². The summed E-state index contributed by atoms with van der Waals surface area (Å²) >= 11 is 6.04. The highest BCUT2D eigenvalue weighted by Crippen LogP contribution is 2.21. The van der Waals surface area contributed by atoms with Gasteiger partial charge in [0.25, 0.3) is 5.91 Å². The SMILES string of the molecule is CC1CCCCN1CCNC(=O)c1cc(Cl)nc2ccccc12. The largest absolute Gasteiger partial charge is 0.351 e. The molecule has 0 saturated carbocycles. The molecule has 1 saturated heterocycles. The van der Waals surface area contributed by atoms with Crippen molar-refractivity contribution in [3.63, 3.8) is 0 Å². The second-order valence-corrected chi connectivity index (χ2v) is 6.53. The van der Waals surface area contributed by atoms with E-state index in [0.717, 1.165) is 24.0 Å². The summed E-state index contributed by atoms with van der Waals surface area (Å²) in [6.45, 7) is 4.93. The van der Waals surface area contributed by atoms with Crippen LogP contribution in [0, 0.1) is 0 Å². The minimum atomic E-state index is -0.0878. The summed E-state index contributed by atoms with van der Waals surface area (Å²) in [6.07, 6.45) is 3.81. The first-order valence-corrected chi connectivity index (χ1v) is 8.60. The van der Waals surface area contributed by atoms with E-state index in [0.29, 0.717) is 23.3 Å². The maximum atomic E-state index is 12.5. The number of halogens is 1. The smallest absolute Gasteiger partial charge is 0.252 e. The van der Waals surface area contributed by atoms with E-state index >= 15 is 0 Å². The summed E-state index contributed by atoms with van der Waals surface area (Å²) in [4.78, 5) is 19.2. The first kappa shape index (κ1) is 16.2. The standard InChI is InChI=1S/C18H22ClN3O/c1-13-6-4-5-10-22(13)11-9-20-18(23)15-12-17(19)21-16-8-3-2-7-14(15)16/h2-3,7-8,12-13H,4-6,9-11H2,1H3,(H,20,23). The van der Waals surface area contributed by atoms with Gasteiger partial charge in [0.05, 0.1) is 11.1 Å². The first-order valence-electron chi connectivity index (χ1n) is 8.22. The average Bonchev–Trinajstić information content (AvgIpc) is 2.55. The van der Waals surface area contributed by atoms with E-state index in [-0.39, 0.29) is 5.91 Å². The number of amides is 1. The highest BCUT2D eigenvalue weighted by molar-refractivity contribution is 6.30. The minimum Gasteiger partial charge on any atom is -0.351 e. The van der Waals surface area contributed by atoms with E-state index in [2.05, 4.69) is 22.1 Å². The van der Waals surface area contributed by atoms with Gasteiger partial charge in [0.2, 0.25) is 0 Å². The Morgan fingerprint density at radius 3 is 3.04 bits per heavy atom. The number of nitrogens with zero attached hydrogens (tertiary/aromatic N) is 2. The molecule has 1 amide bonds. The highest BCUT2D eigenvalue weighted by atomic mass is 35.5. The fraction of sp³-hybridized carbons (Fsp3) is 0.444. The van der Waals surface area contributed by atoms with E-state index in [9.17, 15) is 4.79 Å². The summed E-state index contributed by atoms with van der Waals surface area (Å²) in [5, 5.41) is 4.20. The molecule has 4 nitrogen and oxygen atoms in total. The van der Waals surface area contributed by atoms with Crippen LogP contribution < -0.4 is 5.32 Å². The Bertz CT molecular complexity index is 704. The van der Waals surface area contributed by atoms with Crippen molar-refractivity contribution in [2.24, 2.45) is 0 Å². The van der Waals surface area contributed by atoms with Crippen molar-refractivity contribution >= 4 is 28.4 Å². The number of hydrogen-bond donors (Lipinski definition) is 1. The third kappa shape index (κ3) is 3.82. The predicted molar refractivity (Wildman–Crippen MR) is 94.0 cm³/mol. The van der Waals surface area contributed by atoms with E-state index < -0.39 is 0 Å². The topological polar surface area (TPSA) is 45.2 Å². The quantitative estimate of drug-likeness (QED) is 0.872. The zero-order valence-electron chi connectivity index (χ0n) is 13.4.